The van der Waals surface area contributed by atoms with E-state index in [0.29, 0.717) is 13.2 Å². The van der Waals surface area contributed by atoms with Crippen LogP contribution in [0, 0.1) is 0 Å². The van der Waals surface area contributed by atoms with Gasteiger partial charge in [-0.05, 0) is 70.5 Å². The van der Waals surface area contributed by atoms with Crippen molar-refractivity contribution in [3.63, 3.8) is 0 Å². The summed E-state index contributed by atoms with van der Waals surface area (Å²) in [6.45, 7) is 1.63. The summed E-state index contributed by atoms with van der Waals surface area (Å²) in [6, 6.07) is 24.4. The minimum Gasteiger partial charge on any atom is -0.459 e. The first-order chi connectivity index (χ1) is 18.7. The quantitative estimate of drug-likeness (QED) is 0.189. The van der Waals surface area contributed by atoms with Crippen molar-refractivity contribution in [2.75, 3.05) is 26.4 Å². The summed E-state index contributed by atoms with van der Waals surface area (Å²) >= 11 is 0. The first kappa shape index (κ1) is 24.6. The number of esters is 2. The van der Waals surface area contributed by atoms with Crippen LogP contribution in [-0.2, 0) is 31.8 Å². The molecular formula is C32H30O6. The third-order valence-corrected chi connectivity index (χ3v) is 7.23. The third kappa shape index (κ3) is 5.57. The maximum atomic E-state index is 11.9. The van der Waals surface area contributed by atoms with Crippen LogP contribution in [0.3, 0.4) is 0 Å². The number of fused-ring (bicyclic) bond motifs is 5. The van der Waals surface area contributed by atoms with Crippen molar-refractivity contribution in [3.8, 4) is 0 Å². The van der Waals surface area contributed by atoms with Crippen LogP contribution in [0.15, 0.2) is 72.8 Å². The normalized spacial score (nSPS) is 19.2. The van der Waals surface area contributed by atoms with Crippen LogP contribution < -0.4 is 0 Å². The second-order valence-corrected chi connectivity index (χ2v) is 9.95. The van der Waals surface area contributed by atoms with E-state index >= 15 is 0 Å². The lowest BCUT2D eigenvalue weighted by atomic mass is 9.86. The van der Waals surface area contributed by atoms with Crippen molar-refractivity contribution >= 4 is 33.5 Å². The number of aryl methyl sites for hydroxylation is 2. The van der Waals surface area contributed by atoms with E-state index in [1.54, 1.807) is 35.4 Å². The number of carbonyl (C=O) groups excluding carboxylic acids is 2. The molecule has 2 fully saturated rings. The Morgan fingerprint density at radius 3 is 1.89 bits per heavy atom. The molecule has 2 saturated heterocycles. The Labute approximate surface area is 221 Å². The van der Waals surface area contributed by atoms with Gasteiger partial charge in [-0.2, -0.15) is 0 Å². The second kappa shape index (κ2) is 10.9. The Balaban J connectivity index is 0.000000140. The van der Waals surface area contributed by atoms with Crippen LogP contribution in [0.2, 0.25) is 0 Å². The van der Waals surface area contributed by atoms with Crippen LogP contribution >= 0.6 is 0 Å². The summed E-state index contributed by atoms with van der Waals surface area (Å²) in [6.07, 6.45) is 5.20. The van der Waals surface area contributed by atoms with Crippen molar-refractivity contribution in [2.24, 2.45) is 0 Å². The predicted octanol–water partition coefficient (Wildman–Crippen LogP) is 5.67. The lowest BCUT2D eigenvalue weighted by molar-refractivity contribution is 0.0430. The van der Waals surface area contributed by atoms with Crippen molar-refractivity contribution in [1.29, 1.82) is 0 Å². The molecule has 2 heterocycles. The molecule has 6 heteroatoms. The molecule has 4 aromatic rings. The van der Waals surface area contributed by atoms with E-state index in [2.05, 4.69) is 48.5 Å². The maximum Gasteiger partial charge on any atom is 0.339 e. The summed E-state index contributed by atoms with van der Waals surface area (Å²) in [5.74, 6) is -1.09. The molecule has 0 radical (unpaired) electrons. The zero-order valence-electron chi connectivity index (χ0n) is 21.2. The molecule has 2 atom stereocenters. The zero-order chi connectivity index (χ0) is 25.9. The van der Waals surface area contributed by atoms with Gasteiger partial charge < -0.3 is 18.9 Å². The molecule has 4 aromatic carbocycles. The van der Waals surface area contributed by atoms with Gasteiger partial charge in [0.2, 0.25) is 0 Å². The summed E-state index contributed by atoms with van der Waals surface area (Å²) in [7, 11) is 0. The molecule has 0 aromatic heterocycles. The monoisotopic (exact) mass is 510 g/mol. The lowest BCUT2D eigenvalue weighted by Crippen LogP contribution is -2.17. The highest BCUT2D eigenvalue weighted by Gasteiger charge is 2.28. The lowest BCUT2D eigenvalue weighted by Gasteiger charge is -2.18. The number of hydrogen-bond acceptors (Lipinski definition) is 6. The van der Waals surface area contributed by atoms with E-state index in [9.17, 15) is 9.59 Å². The van der Waals surface area contributed by atoms with Gasteiger partial charge in [0.25, 0.3) is 0 Å². The number of carbonyl (C=O) groups is 2. The molecule has 2 unspecified atom stereocenters. The molecule has 3 aliphatic rings. The summed E-state index contributed by atoms with van der Waals surface area (Å²) in [5, 5.41) is 5.64. The Morgan fingerprint density at radius 2 is 1.24 bits per heavy atom. The molecule has 2 aliphatic heterocycles. The fraction of sp³-hybridized carbons (Fsp3) is 0.312. The molecule has 0 saturated carbocycles. The average Bonchev–Trinajstić information content (AvgIpc) is 3.90. The number of hydrogen-bond donors (Lipinski definition) is 0. The van der Waals surface area contributed by atoms with Gasteiger partial charge in [0.1, 0.15) is 25.4 Å². The Bertz CT molecular complexity index is 1440. The number of benzene rings is 4. The molecule has 0 spiro atoms. The smallest absolute Gasteiger partial charge is 0.339 e. The second-order valence-electron chi connectivity index (χ2n) is 9.95. The van der Waals surface area contributed by atoms with Gasteiger partial charge >= 0.3 is 11.9 Å². The predicted molar refractivity (Wildman–Crippen MR) is 145 cm³/mol. The molecule has 38 heavy (non-hydrogen) atoms. The van der Waals surface area contributed by atoms with Crippen molar-refractivity contribution in [1.82, 2.24) is 0 Å². The van der Waals surface area contributed by atoms with Gasteiger partial charge in [-0.3, -0.25) is 0 Å². The Hall–Kier alpha value is -3.74. The van der Waals surface area contributed by atoms with Gasteiger partial charge in [-0.1, -0.05) is 60.7 Å². The fourth-order valence-electron chi connectivity index (χ4n) is 5.00. The largest absolute Gasteiger partial charge is 0.459 e. The highest BCUT2D eigenvalue weighted by Crippen LogP contribution is 2.33. The minimum absolute atomic E-state index is 0.00919. The van der Waals surface area contributed by atoms with Crippen LogP contribution in [-0.4, -0.2) is 50.6 Å². The molecule has 1 aliphatic carbocycles. The topological polar surface area (TPSA) is 77.7 Å². The van der Waals surface area contributed by atoms with Gasteiger partial charge in [0.15, 0.2) is 0 Å². The fourth-order valence-corrected chi connectivity index (χ4v) is 5.00. The van der Waals surface area contributed by atoms with E-state index < -0.39 is 11.9 Å². The standard InChI is InChI=1S/C18H16.C14H14O6/c1-3-7-15-13(5-1)9-11-18-16-8-4-2-6-14(16)10-12-17(15)18;15-13(19-7-9-5-17-9)11-3-1-2-4-12(11)14(16)20-8-10-6-18-10/h1,3,5,7,9-12H,2,4,6,8H2;1-4,9-10H,5-8H2. The van der Waals surface area contributed by atoms with Crippen molar-refractivity contribution in [3.05, 3.63) is 95.1 Å². The van der Waals surface area contributed by atoms with Gasteiger partial charge in [0.05, 0.1) is 24.3 Å². The average molecular weight is 511 g/mol. The summed E-state index contributed by atoms with van der Waals surface area (Å²) in [5.41, 5.74) is 3.58. The number of rotatable bonds is 6. The summed E-state index contributed by atoms with van der Waals surface area (Å²) < 4.78 is 20.1. The molecule has 7 rings (SSSR count). The minimum atomic E-state index is -0.546. The highest BCUT2D eigenvalue weighted by molar-refractivity contribution is 6.08. The van der Waals surface area contributed by atoms with Crippen LogP contribution in [0.1, 0.15) is 44.7 Å². The van der Waals surface area contributed by atoms with E-state index in [1.807, 2.05) is 0 Å². The van der Waals surface area contributed by atoms with E-state index in [1.165, 1.54) is 47.2 Å². The van der Waals surface area contributed by atoms with E-state index in [4.69, 9.17) is 18.9 Å². The molecule has 0 amide bonds. The summed E-state index contributed by atoms with van der Waals surface area (Å²) in [4.78, 5) is 23.9. The van der Waals surface area contributed by atoms with E-state index in [0.717, 1.165) is 0 Å². The van der Waals surface area contributed by atoms with Crippen LogP contribution in [0.5, 0.6) is 0 Å². The molecule has 0 bridgehead atoms. The Morgan fingerprint density at radius 1 is 0.658 bits per heavy atom. The van der Waals surface area contributed by atoms with E-state index in [-0.39, 0.29) is 36.5 Å². The van der Waals surface area contributed by atoms with Crippen LogP contribution in [0.25, 0.3) is 21.5 Å². The van der Waals surface area contributed by atoms with Gasteiger partial charge in [-0.15, -0.1) is 0 Å². The number of ether oxygens (including phenoxy) is 4. The SMILES string of the molecule is O=C(OCC1CO1)c1ccccc1C(=O)OCC1CO1.c1ccc2c(c1)ccc1c3c(ccc12)CCCC3. The molecule has 194 valence electrons. The maximum absolute atomic E-state index is 11.9. The Kier molecular flexibility index (Phi) is 7.08. The number of epoxide rings is 2. The third-order valence-electron chi connectivity index (χ3n) is 7.23. The molecule has 0 N–H and O–H groups in total. The molecule has 6 nitrogen and oxygen atoms in total. The first-order valence-electron chi connectivity index (χ1n) is 13.3. The van der Waals surface area contributed by atoms with Gasteiger partial charge in [0, 0.05) is 0 Å². The van der Waals surface area contributed by atoms with Crippen molar-refractivity contribution in [2.45, 2.75) is 37.9 Å². The van der Waals surface area contributed by atoms with Crippen LogP contribution in [0.4, 0.5) is 0 Å². The van der Waals surface area contributed by atoms with Crippen molar-refractivity contribution < 1.29 is 28.5 Å². The van der Waals surface area contributed by atoms with Gasteiger partial charge in [-0.25, -0.2) is 9.59 Å². The first-order valence-corrected chi connectivity index (χ1v) is 13.3. The molecular weight excluding hydrogens is 480 g/mol. The zero-order valence-corrected chi connectivity index (χ0v) is 21.2. The highest BCUT2D eigenvalue weighted by atomic mass is 16.6.